The van der Waals surface area contributed by atoms with Crippen LogP contribution in [-0.2, 0) is 26.0 Å². The summed E-state index contributed by atoms with van der Waals surface area (Å²) in [6.45, 7) is 1.41. The summed E-state index contributed by atoms with van der Waals surface area (Å²) in [4.78, 5) is 23.8. The van der Waals surface area contributed by atoms with E-state index in [-0.39, 0.29) is 23.1 Å². The van der Waals surface area contributed by atoms with Crippen molar-refractivity contribution in [2.75, 3.05) is 15.4 Å². The van der Waals surface area contributed by atoms with E-state index in [1.807, 2.05) is 24.3 Å². The molecule has 0 bridgehead atoms. The van der Waals surface area contributed by atoms with E-state index in [1.54, 1.807) is 66.7 Å². The summed E-state index contributed by atoms with van der Waals surface area (Å²) < 4.78 is 28.2. The number of amides is 2. The van der Waals surface area contributed by atoms with Gasteiger partial charge in [0.05, 0.1) is 11.3 Å². The van der Waals surface area contributed by atoms with Crippen LogP contribution >= 0.6 is 0 Å². The summed E-state index contributed by atoms with van der Waals surface area (Å²) in [6.07, 6.45) is 0.113. The van der Waals surface area contributed by atoms with Crippen LogP contribution in [0.5, 0.6) is 0 Å². The molecule has 0 fully saturated rings. The molecule has 0 radical (unpaired) electrons. The van der Waals surface area contributed by atoms with Crippen molar-refractivity contribution in [3.8, 4) is 0 Å². The summed E-state index contributed by atoms with van der Waals surface area (Å²) in [6, 6.07) is 26.1. The highest BCUT2D eigenvalue weighted by Crippen LogP contribution is 2.22. The third kappa shape index (κ3) is 5.79. The lowest BCUT2D eigenvalue weighted by Gasteiger charge is -2.10. The Kier molecular flexibility index (Phi) is 6.60. The molecule has 0 aliphatic rings. The van der Waals surface area contributed by atoms with Crippen LogP contribution in [0.3, 0.4) is 0 Å². The zero-order valence-corrected chi connectivity index (χ0v) is 19.2. The van der Waals surface area contributed by atoms with Gasteiger partial charge >= 0.3 is 0 Å². The van der Waals surface area contributed by atoms with Gasteiger partial charge in [-0.2, -0.15) is 0 Å². The lowest BCUT2D eigenvalue weighted by atomic mass is 10.1. The van der Waals surface area contributed by atoms with E-state index in [2.05, 4.69) is 15.4 Å². The van der Waals surface area contributed by atoms with Gasteiger partial charge in [-0.3, -0.25) is 14.3 Å². The van der Waals surface area contributed by atoms with Crippen LogP contribution in [0.2, 0.25) is 0 Å². The monoisotopic (exact) mass is 473 g/mol. The minimum Gasteiger partial charge on any atom is -0.326 e. The Bertz CT molecular complexity index is 1470. The lowest BCUT2D eigenvalue weighted by Crippen LogP contribution is -2.15. The van der Waals surface area contributed by atoms with E-state index in [1.165, 1.54) is 6.92 Å². The Labute approximate surface area is 197 Å². The van der Waals surface area contributed by atoms with Crippen LogP contribution < -0.4 is 15.4 Å². The van der Waals surface area contributed by atoms with Crippen LogP contribution in [0.4, 0.5) is 17.1 Å². The first-order valence-electron chi connectivity index (χ1n) is 10.6. The number of carbonyl (C=O) groups is 2. The molecule has 2 amide bonds. The molecule has 4 aromatic carbocycles. The van der Waals surface area contributed by atoms with Crippen molar-refractivity contribution < 1.29 is 18.0 Å². The summed E-state index contributed by atoms with van der Waals surface area (Å²) >= 11 is 0. The van der Waals surface area contributed by atoms with E-state index in [4.69, 9.17) is 0 Å². The molecule has 0 unspecified atom stereocenters. The Morgan fingerprint density at radius 1 is 0.706 bits per heavy atom. The molecule has 4 rings (SSSR count). The van der Waals surface area contributed by atoms with Crippen LogP contribution in [0.15, 0.2) is 95.9 Å². The highest BCUT2D eigenvalue weighted by Gasteiger charge is 2.15. The van der Waals surface area contributed by atoms with E-state index in [0.717, 1.165) is 16.3 Å². The maximum atomic E-state index is 12.8. The molecule has 0 aliphatic carbocycles. The van der Waals surface area contributed by atoms with E-state index >= 15 is 0 Å². The van der Waals surface area contributed by atoms with Crippen molar-refractivity contribution in [3.63, 3.8) is 0 Å². The number of carbonyl (C=O) groups excluding carboxylic acids is 2. The molecule has 172 valence electrons. The number of hydrogen-bond donors (Lipinski definition) is 3. The van der Waals surface area contributed by atoms with Gasteiger partial charge in [0.25, 0.3) is 10.0 Å². The van der Waals surface area contributed by atoms with E-state index in [0.29, 0.717) is 17.1 Å². The molecule has 34 heavy (non-hydrogen) atoms. The first kappa shape index (κ1) is 23.0. The van der Waals surface area contributed by atoms with Crippen molar-refractivity contribution in [3.05, 3.63) is 96.6 Å². The molecular weight excluding hydrogens is 450 g/mol. The predicted octanol–water partition coefficient (Wildman–Crippen LogP) is 4.78. The molecule has 8 heteroatoms. The van der Waals surface area contributed by atoms with Gasteiger partial charge in [-0.1, -0.05) is 48.5 Å². The molecule has 0 atom stereocenters. The second-order valence-electron chi connectivity index (χ2n) is 7.80. The minimum atomic E-state index is -3.75. The SMILES string of the molecule is CC(=O)Nc1cccc(NC(=O)Cc2ccc(NS(=O)(=O)c3ccc4ccccc4c3)cc2)c1. The topological polar surface area (TPSA) is 104 Å². The number of benzene rings is 4. The fraction of sp³-hybridized carbons (Fsp3) is 0.0769. The van der Waals surface area contributed by atoms with Gasteiger partial charge < -0.3 is 10.6 Å². The summed E-state index contributed by atoms with van der Waals surface area (Å²) in [5, 5.41) is 7.26. The van der Waals surface area contributed by atoms with Gasteiger partial charge in [0.2, 0.25) is 11.8 Å². The maximum Gasteiger partial charge on any atom is 0.261 e. The molecule has 7 nitrogen and oxygen atoms in total. The normalized spacial score (nSPS) is 11.1. The van der Waals surface area contributed by atoms with Gasteiger partial charge in [-0.25, -0.2) is 8.42 Å². The third-order valence-corrected chi connectivity index (χ3v) is 6.45. The second kappa shape index (κ2) is 9.76. The standard InChI is InChI=1S/C26H23N3O4S/c1-18(30)27-23-7-4-8-24(17-23)28-26(31)15-19-9-12-22(13-10-19)29-34(32,33)25-14-11-20-5-2-3-6-21(20)16-25/h2-14,16-17,29H,15H2,1H3,(H,27,30)(H,28,31). The Hall–Kier alpha value is -4.17. The number of hydrogen-bond acceptors (Lipinski definition) is 4. The Morgan fingerprint density at radius 2 is 1.38 bits per heavy atom. The van der Waals surface area contributed by atoms with Crippen molar-refractivity contribution >= 4 is 49.7 Å². The fourth-order valence-electron chi connectivity index (χ4n) is 3.51. The molecule has 0 saturated heterocycles. The van der Waals surface area contributed by atoms with Crippen LogP contribution in [0.1, 0.15) is 12.5 Å². The van der Waals surface area contributed by atoms with Crippen molar-refractivity contribution in [1.82, 2.24) is 0 Å². The average Bonchev–Trinajstić information content (AvgIpc) is 2.79. The van der Waals surface area contributed by atoms with Gasteiger partial charge in [0, 0.05) is 24.0 Å². The number of rotatable bonds is 7. The second-order valence-corrected chi connectivity index (χ2v) is 9.48. The van der Waals surface area contributed by atoms with Gasteiger partial charge in [0.1, 0.15) is 0 Å². The first-order valence-corrected chi connectivity index (χ1v) is 12.0. The van der Waals surface area contributed by atoms with Crippen molar-refractivity contribution in [1.29, 1.82) is 0 Å². The molecule has 4 aromatic rings. The Balaban J connectivity index is 1.39. The van der Waals surface area contributed by atoms with E-state index in [9.17, 15) is 18.0 Å². The number of fused-ring (bicyclic) bond motifs is 1. The minimum absolute atomic E-state index is 0.113. The zero-order chi connectivity index (χ0) is 24.1. The van der Waals surface area contributed by atoms with Crippen molar-refractivity contribution in [2.45, 2.75) is 18.2 Å². The molecule has 0 saturated carbocycles. The quantitative estimate of drug-likeness (QED) is 0.359. The number of anilines is 3. The van der Waals surface area contributed by atoms with Crippen LogP contribution in [0, 0.1) is 0 Å². The smallest absolute Gasteiger partial charge is 0.261 e. The molecule has 0 heterocycles. The highest BCUT2D eigenvalue weighted by atomic mass is 32.2. The number of sulfonamides is 1. The zero-order valence-electron chi connectivity index (χ0n) is 18.4. The summed E-state index contributed by atoms with van der Waals surface area (Å²) in [7, 11) is -3.75. The Morgan fingerprint density at radius 3 is 2.09 bits per heavy atom. The maximum absolute atomic E-state index is 12.8. The highest BCUT2D eigenvalue weighted by molar-refractivity contribution is 7.92. The molecule has 0 spiro atoms. The molecule has 0 aliphatic heterocycles. The van der Waals surface area contributed by atoms with Gasteiger partial charge in [-0.05, 0) is 58.8 Å². The molecule has 0 aromatic heterocycles. The van der Waals surface area contributed by atoms with Crippen molar-refractivity contribution in [2.24, 2.45) is 0 Å². The van der Waals surface area contributed by atoms with Gasteiger partial charge in [0.15, 0.2) is 0 Å². The fourth-order valence-corrected chi connectivity index (χ4v) is 4.60. The largest absolute Gasteiger partial charge is 0.326 e. The van der Waals surface area contributed by atoms with Crippen LogP contribution in [0.25, 0.3) is 10.8 Å². The van der Waals surface area contributed by atoms with Gasteiger partial charge in [-0.15, -0.1) is 0 Å². The first-order chi connectivity index (χ1) is 16.3. The lowest BCUT2D eigenvalue weighted by molar-refractivity contribution is -0.115. The van der Waals surface area contributed by atoms with Crippen LogP contribution in [-0.4, -0.2) is 20.2 Å². The predicted molar refractivity (Wildman–Crippen MR) is 134 cm³/mol. The summed E-state index contributed by atoms with van der Waals surface area (Å²) in [5.74, 6) is -0.427. The molecular formula is C26H23N3O4S. The summed E-state index contributed by atoms with van der Waals surface area (Å²) in [5.41, 5.74) is 2.29. The number of nitrogens with one attached hydrogen (secondary N) is 3. The van der Waals surface area contributed by atoms with E-state index < -0.39 is 10.0 Å². The molecule has 3 N–H and O–H groups in total. The average molecular weight is 474 g/mol. The third-order valence-electron chi connectivity index (χ3n) is 5.07.